The van der Waals surface area contributed by atoms with E-state index in [1.165, 1.54) is 0 Å². The Bertz CT molecular complexity index is 1280. The number of methoxy groups -OCH3 is 1. The van der Waals surface area contributed by atoms with Crippen molar-refractivity contribution in [2.24, 2.45) is 0 Å². The van der Waals surface area contributed by atoms with E-state index in [1.54, 1.807) is 34.9 Å². The number of aromatic nitrogens is 3. The Balaban J connectivity index is 1.69. The molecule has 1 N–H and O–H groups in total. The molecule has 0 aliphatic carbocycles. The highest BCUT2D eigenvalue weighted by Crippen LogP contribution is 2.51. The maximum Gasteiger partial charge on any atom is 0.241 e. The minimum absolute atomic E-state index is 0.0554. The Morgan fingerprint density at radius 3 is 2.62 bits per heavy atom. The highest BCUT2D eigenvalue weighted by molar-refractivity contribution is 6.31. The van der Waals surface area contributed by atoms with E-state index in [9.17, 15) is 9.59 Å². The van der Waals surface area contributed by atoms with Crippen LogP contribution in [0.3, 0.4) is 0 Å². The van der Waals surface area contributed by atoms with Gasteiger partial charge in [-0.05, 0) is 54.8 Å². The van der Waals surface area contributed by atoms with Crippen molar-refractivity contribution >= 4 is 46.5 Å². The van der Waals surface area contributed by atoms with Gasteiger partial charge in [-0.3, -0.25) is 14.5 Å². The number of ether oxygens (including phenoxy) is 1. The Morgan fingerprint density at radius 2 is 1.88 bits per heavy atom. The lowest BCUT2D eigenvalue weighted by Crippen LogP contribution is -2.49. The molecule has 3 aromatic rings. The van der Waals surface area contributed by atoms with Crippen LogP contribution in [0.5, 0.6) is 0 Å². The summed E-state index contributed by atoms with van der Waals surface area (Å²) in [4.78, 5) is 28.7. The normalized spacial score (nSPS) is 19.8. The minimum Gasteiger partial charge on any atom is -0.385 e. The van der Waals surface area contributed by atoms with Gasteiger partial charge in [-0.2, -0.15) is 0 Å². The molecular formula is C24H23Cl2N5O3. The van der Waals surface area contributed by atoms with E-state index in [-0.39, 0.29) is 24.3 Å². The van der Waals surface area contributed by atoms with E-state index < -0.39 is 5.41 Å². The van der Waals surface area contributed by atoms with Gasteiger partial charge in [-0.15, -0.1) is 5.10 Å². The number of halogens is 2. The van der Waals surface area contributed by atoms with Crippen LogP contribution in [-0.2, 0) is 19.7 Å². The molecule has 2 aliphatic heterocycles. The van der Waals surface area contributed by atoms with Crippen molar-refractivity contribution in [3.05, 3.63) is 69.3 Å². The molecule has 5 rings (SSSR count). The van der Waals surface area contributed by atoms with Crippen molar-refractivity contribution in [2.45, 2.75) is 31.2 Å². The highest BCUT2D eigenvalue weighted by Gasteiger charge is 2.57. The van der Waals surface area contributed by atoms with E-state index in [1.807, 2.05) is 31.2 Å². The van der Waals surface area contributed by atoms with Crippen LogP contribution in [0.15, 0.2) is 42.5 Å². The fourth-order valence-corrected chi connectivity index (χ4v) is 5.12. The number of carbonyl (C=O) groups is 2. The highest BCUT2D eigenvalue weighted by atomic mass is 35.5. The van der Waals surface area contributed by atoms with Crippen molar-refractivity contribution in [2.75, 3.05) is 30.5 Å². The quantitative estimate of drug-likeness (QED) is 0.513. The summed E-state index contributed by atoms with van der Waals surface area (Å²) in [5, 5.41) is 13.0. The van der Waals surface area contributed by atoms with E-state index >= 15 is 0 Å². The third kappa shape index (κ3) is 3.48. The second kappa shape index (κ2) is 8.69. The van der Waals surface area contributed by atoms with Gasteiger partial charge >= 0.3 is 0 Å². The summed E-state index contributed by atoms with van der Waals surface area (Å²) >= 11 is 12.4. The number of fused-ring (bicyclic) bond motifs is 4. The van der Waals surface area contributed by atoms with Crippen LogP contribution in [-0.4, -0.2) is 47.1 Å². The lowest BCUT2D eigenvalue weighted by atomic mass is 9.73. The Kier molecular flexibility index (Phi) is 5.83. The van der Waals surface area contributed by atoms with Crippen molar-refractivity contribution < 1.29 is 14.3 Å². The largest absolute Gasteiger partial charge is 0.385 e. The summed E-state index contributed by atoms with van der Waals surface area (Å²) in [5.41, 5.74) is 1.37. The first kappa shape index (κ1) is 22.8. The number of rotatable bonds is 6. The number of hydrogen-bond donors (Lipinski definition) is 1. The van der Waals surface area contributed by atoms with Crippen LogP contribution in [0, 0.1) is 0 Å². The average molecular weight is 500 g/mol. The first-order valence-corrected chi connectivity index (χ1v) is 11.7. The molecule has 0 unspecified atom stereocenters. The van der Waals surface area contributed by atoms with Crippen LogP contribution in [0.1, 0.15) is 42.6 Å². The van der Waals surface area contributed by atoms with E-state index in [0.29, 0.717) is 52.4 Å². The fraction of sp³-hybridized carbons (Fsp3) is 0.333. The van der Waals surface area contributed by atoms with Gasteiger partial charge in [0.15, 0.2) is 5.82 Å². The Morgan fingerprint density at radius 1 is 1.15 bits per heavy atom. The van der Waals surface area contributed by atoms with Gasteiger partial charge in [0, 0.05) is 36.0 Å². The molecule has 0 radical (unpaired) electrons. The molecule has 3 heterocycles. The smallest absolute Gasteiger partial charge is 0.241 e. The number of nitrogens with zero attached hydrogens (tertiary/aromatic N) is 4. The Labute approximate surface area is 206 Å². The van der Waals surface area contributed by atoms with Crippen LogP contribution >= 0.6 is 23.2 Å². The van der Waals surface area contributed by atoms with Crippen molar-refractivity contribution in [1.29, 1.82) is 0 Å². The van der Waals surface area contributed by atoms with E-state index in [0.717, 1.165) is 5.56 Å². The number of benzene rings is 2. The third-order valence-electron chi connectivity index (χ3n) is 6.57. The zero-order chi connectivity index (χ0) is 24.0. The predicted octanol–water partition coefficient (Wildman–Crippen LogP) is 4.21. The van der Waals surface area contributed by atoms with Crippen molar-refractivity contribution in [3.63, 3.8) is 0 Å². The first-order chi connectivity index (χ1) is 16.4. The lowest BCUT2D eigenvalue weighted by molar-refractivity contribution is -0.126. The Hall–Kier alpha value is -2.94. The monoisotopic (exact) mass is 499 g/mol. The summed E-state index contributed by atoms with van der Waals surface area (Å²) in [6, 6.07) is 12.4. The number of hydrogen-bond acceptors (Lipinski definition) is 5. The molecule has 2 aliphatic rings. The van der Waals surface area contributed by atoms with Gasteiger partial charge in [0.05, 0.1) is 12.5 Å². The fourth-order valence-electron chi connectivity index (χ4n) is 4.82. The molecule has 10 heteroatoms. The van der Waals surface area contributed by atoms with Crippen molar-refractivity contribution in [3.8, 4) is 0 Å². The summed E-state index contributed by atoms with van der Waals surface area (Å²) in [5.74, 6) is 0.0262. The molecule has 1 spiro atoms. The van der Waals surface area contributed by atoms with Crippen LogP contribution in [0.25, 0.3) is 0 Å². The molecule has 0 bridgehead atoms. The standard InChI is InChI=1S/C24H23Cl2N5O3/c1-14(15-4-6-16(25)7-5-15)31-22-21(28-29-31)24(13-20(32)30(22)10-3-11-34-2)18-12-17(26)8-9-19(18)27-23(24)33/h4-9,12,14H,3,10-11,13H2,1-2H3,(H,27,33)/t14-,24+/m0/s1. The number of amides is 2. The maximum atomic E-state index is 13.6. The van der Waals surface area contributed by atoms with Gasteiger partial charge < -0.3 is 10.1 Å². The second-order valence-corrected chi connectivity index (χ2v) is 9.42. The molecule has 2 atom stereocenters. The maximum absolute atomic E-state index is 13.6. The molecule has 2 amide bonds. The summed E-state index contributed by atoms with van der Waals surface area (Å²) in [6.45, 7) is 2.88. The predicted molar refractivity (Wildman–Crippen MR) is 130 cm³/mol. The van der Waals surface area contributed by atoms with Gasteiger partial charge in [0.2, 0.25) is 11.8 Å². The number of carbonyl (C=O) groups excluding carboxylic acids is 2. The molecule has 0 saturated heterocycles. The number of anilines is 2. The minimum atomic E-state index is -1.29. The molecular weight excluding hydrogens is 477 g/mol. The van der Waals surface area contributed by atoms with Crippen molar-refractivity contribution in [1.82, 2.24) is 15.0 Å². The van der Waals surface area contributed by atoms with Crippen LogP contribution in [0.4, 0.5) is 11.5 Å². The second-order valence-electron chi connectivity index (χ2n) is 8.55. The topological polar surface area (TPSA) is 89.3 Å². The zero-order valence-electron chi connectivity index (χ0n) is 18.7. The van der Waals surface area contributed by atoms with Gasteiger partial charge in [0.1, 0.15) is 11.1 Å². The molecule has 0 fully saturated rings. The SMILES string of the molecule is COCCCN1C(=O)C[C@]2(C(=O)Nc3ccc(Cl)cc32)c2nnn([C@@H](C)c3ccc(Cl)cc3)c21. The average Bonchev–Trinajstić information content (AvgIpc) is 3.37. The third-order valence-corrected chi connectivity index (χ3v) is 7.06. The van der Waals surface area contributed by atoms with Gasteiger partial charge in [-0.1, -0.05) is 40.5 Å². The molecule has 0 saturated carbocycles. The lowest BCUT2D eigenvalue weighted by Gasteiger charge is -2.37. The molecule has 2 aromatic carbocycles. The molecule has 1 aromatic heterocycles. The van der Waals surface area contributed by atoms with Crippen LogP contribution in [0.2, 0.25) is 10.0 Å². The summed E-state index contributed by atoms with van der Waals surface area (Å²) in [7, 11) is 1.62. The van der Waals surface area contributed by atoms with Gasteiger partial charge in [0.25, 0.3) is 0 Å². The summed E-state index contributed by atoms with van der Waals surface area (Å²) in [6.07, 6.45) is 0.573. The first-order valence-electron chi connectivity index (χ1n) is 11.0. The number of nitrogens with one attached hydrogen (secondary N) is 1. The summed E-state index contributed by atoms with van der Waals surface area (Å²) < 4.78 is 6.91. The zero-order valence-corrected chi connectivity index (χ0v) is 20.2. The van der Waals surface area contributed by atoms with Crippen LogP contribution < -0.4 is 10.2 Å². The van der Waals surface area contributed by atoms with E-state index in [2.05, 4.69) is 15.6 Å². The molecule has 34 heavy (non-hydrogen) atoms. The molecule has 8 nitrogen and oxygen atoms in total. The van der Waals surface area contributed by atoms with Gasteiger partial charge in [-0.25, -0.2) is 4.68 Å². The van der Waals surface area contributed by atoms with E-state index in [4.69, 9.17) is 27.9 Å². The molecule has 176 valence electrons.